The number of fused-ring (bicyclic) bond motifs is 1. The fourth-order valence-electron chi connectivity index (χ4n) is 4.30. The van der Waals surface area contributed by atoms with Crippen molar-refractivity contribution < 1.29 is 23.1 Å². The van der Waals surface area contributed by atoms with Crippen molar-refractivity contribution in [3.05, 3.63) is 95.7 Å². The lowest BCUT2D eigenvalue weighted by Gasteiger charge is -2.22. The van der Waals surface area contributed by atoms with Gasteiger partial charge in [-0.25, -0.2) is 4.79 Å². The Hall–Kier alpha value is -3.54. The topological polar surface area (TPSA) is 42.2 Å². The van der Waals surface area contributed by atoms with Gasteiger partial charge in [0.15, 0.2) is 0 Å². The molecule has 34 heavy (non-hydrogen) atoms. The summed E-state index contributed by atoms with van der Waals surface area (Å²) in [5.41, 5.74) is 3.07. The van der Waals surface area contributed by atoms with Gasteiger partial charge in [0.25, 0.3) is 0 Å². The van der Waals surface area contributed by atoms with E-state index in [4.69, 9.17) is 0 Å². The average molecular weight is 466 g/mol. The third kappa shape index (κ3) is 5.01. The molecule has 1 N–H and O–H groups in total. The van der Waals surface area contributed by atoms with Crippen LogP contribution < -0.4 is 0 Å². The molecule has 3 nitrogen and oxygen atoms in total. The molecule has 0 bridgehead atoms. The minimum Gasteiger partial charge on any atom is -0.478 e. The molecule has 176 valence electrons. The number of aromatic nitrogens is 1. The third-order valence-electron chi connectivity index (χ3n) is 6.14. The average Bonchev–Trinajstić information content (AvgIpc) is 3.22. The molecule has 1 atom stereocenters. The van der Waals surface area contributed by atoms with Gasteiger partial charge in [-0.05, 0) is 77.9 Å². The Morgan fingerprint density at radius 1 is 0.912 bits per heavy atom. The first kappa shape index (κ1) is 23.6. The molecule has 0 aliphatic heterocycles. The molecule has 0 aliphatic rings. The second-order valence-electron chi connectivity index (χ2n) is 8.99. The van der Waals surface area contributed by atoms with Crippen LogP contribution in [0.2, 0.25) is 0 Å². The van der Waals surface area contributed by atoms with E-state index >= 15 is 0 Å². The Morgan fingerprint density at radius 2 is 1.62 bits per heavy atom. The van der Waals surface area contributed by atoms with Gasteiger partial charge in [0, 0.05) is 17.1 Å². The zero-order chi connectivity index (χ0) is 24.5. The largest absolute Gasteiger partial charge is 0.478 e. The van der Waals surface area contributed by atoms with Crippen LogP contribution in [0.3, 0.4) is 0 Å². The highest BCUT2D eigenvalue weighted by molar-refractivity contribution is 5.88. The lowest BCUT2D eigenvalue weighted by Crippen LogP contribution is -2.12. The first-order chi connectivity index (χ1) is 16.1. The molecule has 4 aromatic rings. The number of aromatic carboxylic acids is 1. The van der Waals surface area contributed by atoms with Gasteiger partial charge in [-0.3, -0.25) is 0 Å². The highest BCUT2D eigenvalue weighted by atomic mass is 19.4. The molecule has 1 heterocycles. The molecule has 0 fully saturated rings. The second-order valence-corrected chi connectivity index (χ2v) is 8.99. The Morgan fingerprint density at radius 3 is 2.26 bits per heavy atom. The van der Waals surface area contributed by atoms with E-state index in [0.717, 1.165) is 47.0 Å². The van der Waals surface area contributed by atoms with Gasteiger partial charge in [0.1, 0.15) is 0 Å². The smallest absolute Gasteiger partial charge is 0.416 e. The summed E-state index contributed by atoms with van der Waals surface area (Å²) < 4.78 is 40.8. The van der Waals surface area contributed by atoms with Crippen molar-refractivity contribution in [2.24, 2.45) is 5.92 Å². The van der Waals surface area contributed by atoms with Crippen molar-refractivity contribution in [1.82, 2.24) is 4.57 Å². The van der Waals surface area contributed by atoms with Crippen LogP contribution in [0.25, 0.3) is 22.0 Å². The van der Waals surface area contributed by atoms with Gasteiger partial charge in [0.2, 0.25) is 0 Å². The predicted octanol–water partition coefficient (Wildman–Crippen LogP) is 8.05. The number of halogens is 3. The number of carboxylic acids is 1. The lowest BCUT2D eigenvalue weighted by atomic mass is 9.96. The van der Waals surface area contributed by atoms with E-state index in [1.54, 1.807) is 18.2 Å². The van der Waals surface area contributed by atoms with Crippen molar-refractivity contribution in [3.63, 3.8) is 0 Å². The van der Waals surface area contributed by atoms with Crippen LogP contribution in [-0.2, 0) is 6.18 Å². The van der Waals surface area contributed by atoms with Crippen molar-refractivity contribution in [3.8, 4) is 11.1 Å². The molecular formula is C28H26F3NO2. The number of benzene rings is 3. The summed E-state index contributed by atoms with van der Waals surface area (Å²) in [6.07, 6.45) is -0.529. The van der Waals surface area contributed by atoms with Gasteiger partial charge in [-0.1, -0.05) is 44.2 Å². The zero-order valence-corrected chi connectivity index (χ0v) is 19.0. The van der Waals surface area contributed by atoms with Gasteiger partial charge in [0.05, 0.1) is 17.2 Å². The second kappa shape index (κ2) is 9.37. The predicted molar refractivity (Wildman–Crippen MR) is 128 cm³/mol. The van der Waals surface area contributed by atoms with Crippen LogP contribution >= 0.6 is 0 Å². The van der Waals surface area contributed by atoms with Gasteiger partial charge >= 0.3 is 12.1 Å². The summed E-state index contributed by atoms with van der Waals surface area (Å²) >= 11 is 0. The maximum absolute atomic E-state index is 12.9. The normalized spacial score (nSPS) is 12.9. The highest BCUT2D eigenvalue weighted by Crippen LogP contribution is 2.34. The Balaban J connectivity index is 1.72. The van der Waals surface area contributed by atoms with E-state index in [1.807, 2.05) is 36.5 Å². The number of carbonyl (C=O) groups is 1. The molecule has 0 saturated carbocycles. The van der Waals surface area contributed by atoms with E-state index < -0.39 is 17.7 Å². The number of alkyl halides is 3. The van der Waals surface area contributed by atoms with Gasteiger partial charge < -0.3 is 9.67 Å². The first-order valence-electron chi connectivity index (χ1n) is 11.2. The van der Waals surface area contributed by atoms with Crippen molar-refractivity contribution >= 4 is 16.9 Å². The Bertz CT molecular complexity index is 1300. The molecule has 0 aliphatic carbocycles. The SMILES string of the molecule is CC(C)CCC(c1cccc(C(=O)O)c1)n1ccc2cc(-c3ccc(C(F)(F)F)cc3)ccc21. The van der Waals surface area contributed by atoms with Crippen molar-refractivity contribution in [1.29, 1.82) is 0 Å². The number of carboxylic acid groups (broad SMARTS) is 1. The van der Waals surface area contributed by atoms with Gasteiger partial charge in [-0.2, -0.15) is 13.2 Å². The number of nitrogens with zero attached hydrogens (tertiary/aromatic N) is 1. The molecule has 1 unspecified atom stereocenters. The Kier molecular flexibility index (Phi) is 6.51. The van der Waals surface area contributed by atoms with Crippen LogP contribution in [0.4, 0.5) is 13.2 Å². The summed E-state index contributed by atoms with van der Waals surface area (Å²) in [4.78, 5) is 11.5. The monoisotopic (exact) mass is 465 g/mol. The molecule has 0 amide bonds. The van der Waals surface area contributed by atoms with E-state index in [9.17, 15) is 23.1 Å². The summed E-state index contributed by atoms with van der Waals surface area (Å²) in [5.74, 6) is -0.457. The number of hydrogen-bond acceptors (Lipinski definition) is 1. The summed E-state index contributed by atoms with van der Waals surface area (Å²) in [7, 11) is 0. The first-order valence-corrected chi connectivity index (χ1v) is 11.2. The molecular weight excluding hydrogens is 439 g/mol. The van der Waals surface area contributed by atoms with Crippen molar-refractivity contribution in [2.75, 3.05) is 0 Å². The molecule has 3 aromatic carbocycles. The summed E-state index contributed by atoms with van der Waals surface area (Å²) in [6.45, 7) is 4.32. The molecule has 6 heteroatoms. The third-order valence-corrected chi connectivity index (χ3v) is 6.14. The van der Waals surface area contributed by atoms with Crippen LogP contribution in [0.1, 0.15) is 54.2 Å². The summed E-state index contributed by atoms with van der Waals surface area (Å²) in [6, 6.07) is 20.1. The van der Waals surface area contributed by atoms with Gasteiger partial charge in [-0.15, -0.1) is 0 Å². The maximum Gasteiger partial charge on any atom is 0.416 e. The minimum absolute atomic E-state index is 0.0314. The standard InChI is InChI=1S/C28H26F3NO2/c1-18(2)6-12-25(21-4-3-5-23(17-21)27(33)34)32-15-14-22-16-20(9-13-26(22)32)19-7-10-24(11-8-19)28(29,30)31/h3-5,7-11,13-18,25H,6,12H2,1-2H3,(H,33,34). The van der Waals surface area contributed by atoms with Crippen LogP contribution in [0.15, 0.2) is 79.0 Å². The molecule has 0 saturated heterocycles. The molecule has 4 rings (SSSR count). The van der Waals surface area contributed by atoms with Crippen molar-refractivity contribution in [2.45, 2.75) is 38.9 Å². The van der Waals surface area contributed by atoms with E-state index in [2.05, 4.69) is 18.4 Å². The van der Waals surface area contributed by atoms with E-state index in [1.165, 1.54) is 12.1 Å². The molecule has 0 spiro atoms. The lowest BCUT2D eigenvalue weighted by molar-refractivity contribution is -0.137. The van der Waals surface area contributed by atoms with Crippen LogP contribution in [0.5, 0.6) is 0 Å². The summed E-state index contributed by atoms with van der Waals surface area (Å²) in [5, 5.41) is 10.4. The minimum atomic E-state index is -4.36. The number of rotatable bonds is 7. The highest BCUT2D eigenvalue weighted by Gasteiger charge is 2.30. The van der Waals surface area contributed by atoms with Crippen LogP contribution in [-0.4, -0.2) is 15.6 Å². The molecule has 0 radical (unpaired) electrons. The quantitative estimate of drug-likeness (QED) is 0.300. The fourth-order valence-corrected chi connectivity index (χ4v) is 4.30. The van der Waals surface area contributed by atoms with E-state index in [-0.39, 0.29) is 11.6 Å². The van der Waals surface area contributed by atoms with Crippen LogP contribution in [0, 0.1) is 5.92 Å². The zero-order valence-electron chi connectivity index (χ0n) is 19.0. The van der Waals surface area contributed by atoms with E-state index in [0.29, 0.717) is 11.5 Å². The fraction of sp³-hybridized carbons (Fsp3) is 0.250. The molecule has 1 aromatic heterocycles. The Labute approximate surface area is 196 Å². The maximum atomic E-state index is 12.9. The number of hydrogen-bond donors (Lipinski definition) is 1.